The number of ether oxygens (including phenoxy) is 1. The van der Waals surface area contributed by atoms with E-state index >= 15 is 0 Å². The fourth-order valence-corrected chi connectivity index (χ4v) is 2.90. The van der Waals surface area contributed by atoms with Gasteiger partial charge in [0.2, 0.25) is 0 Å². The van der Waals surface area contributed by atoms with E-state index in [0.717, 1.165) is 44.5 Å². The van der Waals surface area contributed by atoms with Gasteiger partial charge in [-0.2, -0.15) is 0 Å². The van der Waals surface area contributed by atoms with E-state index in [2.05, 4.69) is 16.7 Å². The highest BCUT2D eigenvalue weighted by Crippen LogP contribution is 2.16. The van der Waals surface area contributed by atoms with Gasteiger partial charge in [-0.05, 0) is 55.5 Å². The van der Waals surface area contributed by atoms with E-state index in [1.165, 1.54) is 17.5 Å². The first kappa shape index (κ1) is 13.6. The minimum Gasteiger partial charge on any atom is -0.376 e. The van der Waals surface area contributed by atoms with Gasteiger partial charge in [0.05, 0.1) is 6.10 Å². The standard InChI is InChI=1S/C16H22N2O2/c19-16(18-11-15-3-1-2-8-20-15)13-5-4-12-6-7-17-10-14(12)9-13/h4-5,9,15,17H,1-3,6-8,10-11H2,(H,18,19). The average molecular weight is 274 g/mol. The van der Waals surface area contributed by atoms with Crippen LogP contribution in [0.5, 0.6) is 0 Å². The molecule has 0 bridgehead atoms. The van der Waals surface area contributed by atoms with Crippen LogP contribution in [0.15, 0.2) is 18.2 Å². The molecule has 2 heterocycles. The van der Waals surface area contributed by atoms with Gasteiger partial charge in [-0.25, -0.2) is 0 Å². The molecule has 1 atom stereocenters. The minimum absolute atomic E-state index is 0.00699. The largest absolute Gasteiger partial charge is 0.376 e. The zero-order chi connectivity index (χ0) is 13.8. The fraction of sp³-hybridized carbons (Fsp3) is 0.562. The lowest BCUT2D eigenvalue weighted by Gasteiger charge is -2.23. The van der Waals surface area contributed by atoms with Crippen molar-refractivity contribution in [3.8, 4) is 0 Å². The van der Waals surface area contributed by atoms with E-state index in [9.17, 15) is 4.79 Å². The smallest absolute Gasteiger partial charge is 0.251 e. The molecule has 0 aliphatic carbocycles. The summed E-state index contributed by atoms with van der Waals surface area (Å²) in [6.45, 7) is 3.33. The molecule has 4 heteroatoms. The summed E-state index contributed by atoms with van der Waals surface area (Å²) < 4.78 is 5.63. The van der Waals surface area contributed by atoms with Gasteiger partial charge in [-0.3, -0.25) is 4.79 Å². The lowest BCUT2D eigenvalue weighted by molar-refractivity contribution is 0.0169. The van der Waals surface area contributed by atoms with Gasteiger partial charge < -0.3 is 15.4 Å². The number of hydrogen-bond donors (Lipinski definition) is 2. The molecule has 2 aliphatic rings. The maximum Gasteiger partial charge on any atom is 0.251 e. The van der Waals surface area contributed by atoms with Crippen LogP contribution in [0.2, 0.25) is 0 Å². The second-order valence-electron chi connectivity index (χ2n) is 5.61. The van der Waals surface area contributed by atoms with Crippen molar-refractivity contribution in [3.63, 3.8) is 0 Å². The van der Waals surface area contributed by atoms with Crippen molar-refractivity contribution in [2.45, 2.75) is 38.3 Å². The maximum absolute atomic E-state index is 12.2. The lowest BCUT2D eigenvalue weighted by Crippen LogP contribution is -2.35. The van der Waals surface area contributed by atoms with E-state index in [0.29, 0.717) is 6.54 Å². The number of amides is 1. The number of rotatable bonds is 3. The third kappa shape index (κ3) is 3.19. The van der Waals surface area contributed by atoms with Crippen LogP contribution in [0.25, 0.3) is 0 Å². The highest BCUT2D eigenvalue weighted by atomic mass is 16.5. The van der Waals surface area contributed by atoms with E-state index < -0.39 is 0 Å². The highest BCUT2D eigenvalue weighted by Gasteiger charge is 2.16. The van der Waals surface area contributed by atoms with Crippen molar-refractivity contribution < 1.29 is 9.53 Å². The summed E-state index contributed by atoms with van der Waals surface area (Å²) in [4.78, 5) is 12.2. The molecule has 1 amide bonds. The molecule has 2 N–H and O–H groups in total. The Kier molecular flexibility index (Phi) is 4.33. The summed E-state index contributed by atoms with van der Waals surface area (Å²) in [7, 11) is 0. The summed E-state index contributed by atoms with van der Waals surface area (Å²) in [6.07, 6.45) is 4.63. The van der Waals surface area contributed by atoms with Crippen LogP contribution in [0.1, 0.15) is 40.7 Å². The van der Waals surface area contributed by atoms with Crippen LogP contribution in [0.3, 0.4) is 0 Å². The minimum atomic E-state index is 0.00699. The Balaban J connectivity index is 1.59. The number of nitrogens with one attached hydrogen (secondary N) is 2. The molecule has 1 aromatic carbocycles. The van der Waals surface area contributed by atoms with Crippen LogP contribution < -0.4 is 10.6 Å². The highest BCUT2D eigenvalue weighted by molar-refractivity contribution is 5.94. The SMILES string of the molecule is O=C(NCC1CCCCO1)c1ccc2c(c1)CNCC2. The monoisotopic (exact) mass is 274 g/mol. The predicted octanol–water partition coefficient (Wildman–Crippen LogP) is 1.63. The van der Waals surface area contributed by atoms with Crippen molar-refractivity contribution in [2.24, 2.45) is 0 Å². The molecule has 0 radical (unpaired) electrons. The molecule has 2 aliphatic heterocycles. The summed E-state index contributed by atoms with van der Waals surface area (Å²) in [5, 5.41) is 6.33. The normalized spacial score (nSPS) is 22.1. The molecule has 0 saturated carbocycles. The molecular formula is C16H22N2O2. The molecule has 1 saturated heterocycles. The van der Waals surface area contributed by atoms with E-state index in [1.54, 1.807) is 0 Å². The van der Waals surface area contributed by atoms with Crippen LogP contribution in [0, 0.1) is 0 Å². The van der Waals surface area contributed by atoms with Gasteiger partial charge >= 0.3 is 0 Å². The number of benzene rings is 1. The third-order valence-electron chi connectivity index (χ3n) is 4.12. The Morgan fingerprint density at radius 3 is 3.15 bits per heavy atom. The Hall–Kier alpha value is -1.39. The first-order valence-electron chi connectivity index (χ1n) is 7.55. The van der Waals surface area contributed by atoms with Gasteiger partial charge in [0.1, 0.15) is 0 Å². The van der Waals surface area contributed by atoms with Crippen LogP contribution in [-0.4, -0.2) is 31.7 Å². The topological polar surface area (TPSA) is 50.4 Å². The number of fused-ring (bicyclic) bond motifs is 1. The number of carbonyl (C=O) groups excluding carboxylic acids is 1. The van der Waals surface area contributed by atoms with Crippen molar-refractivity contribution in [1.29, 1.82) is 0 Å². The van der Waals surface area contributed by atoms with Crippen LogP contribution >= 0.6 is 0 Å². The Morgan fingerprint density at radius 2 is 2.30 bits per heavy atom. The zero-order valence-electron chi connectivity index (χ0n) is 11.8. The van der Waals surface area contributed by atoms with Gasteiger partial charge in [0.15, 0.2) is 0 Å². The second-order valence-corrected chi connectivity index (χ2v) is 5.61. The Morgan fingerprint density at radius 1 is 1.35 bits per heavy atom. The van der Waals surface area contributed by atoms with Crippen molar-refractivity contribution in [1.82, 2.24) is 10.6 Å². The molecule has 3 rings (SSSR count). The van der Waals surface area contributed by atoms with Crippen molar-refractivity contribution in [2.75, 3.05) is 19.7 Å². The molecule has 1 aromatic rings. The summed E-state index contributed by atoms with van der Waals surface area (Å²) >= 11 is 0. The van der Waals surface area contributed by atoms with Gasteiger partial charge in [0, 0.05) is 25.3 Å². The van der Waals surface area contributed by atoms with Gasteiger partial charge in [-0.1, -0.05) is 6.07 Å². The Bertz CT molecular complexity index is 481. The van der Waals surface area contributed by atoms with E-state index in [4.69, 9.17) is 4.74 Å². The number of hydrogen-bond acceptors (Lipinski definition) is 3. The van der Waals surface area contributed by atoms with E-state index in [1.807, 2.05) is 12.1 Å². The third-order valence-corrected chi connectivity index (χ3v) is 4.12. The first-order valence-corrected chi connectivity index (χ1v) is 7.55. The molecule has 0 spiro atoms. The van der Waals surface area contributed by atoms with Crippen LogP contribution in [-0.2, 0) is 17.7 Å². The average Bonchev–Trinajstić information content (AvgIpc) is 2.53. The maximum atomic E-state index is 12.2. The van der Waals surface area contributed by atoms with E-state index in [-0.39, 0.29) is 12.0 Å². The molecular weight excluding hydrogens is 252 g/mol. The van der Waals surface area contributed by atoms with Gasteiger partial charge in [0.25, 0.3) is 5.91 Å². The summed E-state index contributed by atoms with van der Waals surface area (Å²) in [6, 6.07) is 6.03. The molecule has 108 valence electrons. The van der Waals surface area contributed by atoms with Crippen LogP contribution in [0.4, 0.5) is 0 Å². The molecule has 0 aromatic heterocycles. The lowest BCUT2D eigenvalue weighted by atomic mass is 9.98. The summed E-state index contributed by atoms with van der Waals surface area (Å²) in [5.74, 6) is 0.00699. The fourth-order valence-electron chi connectivity index (χ4n) is 2.90. The molecule has 4 nitrogen and oxygen atoms in total. The quantitative estimate of drug-likeness (QED) is 0.881. The molecule has 1 fully saturated rings. The first-order chi connectivity index (χ1) is 9.83. The molecule has 1 unspecified atom stereocenters. The van der Waals surface area contributed by atoms with Gasteiger partial charge in [-0.15, -0.1) is 0 Å². The second kappa shape index (κ2) is 6.37. The Labute approximate surface area is 119 Å². The molecule has 20 heavy (non-hydrogen) atoms. The summed E-state index contributed by atoms with van der Waals surface area (Å²) in [5.41, 5.74) is 3.36. The zero-order valence-corrected chi connectivity index (χ0v) is 11.8. The van der Waals surface area contributed by atoms with Crippen molar-refractivity contribution >= 4 is 5.91 Å². The number of carbonyl (C=O) groups is 1. The predicted molar refractivity (Wildman–Crippen MR) is 77.8 cm³/mol. The van der Waals surface area contributed by atoms with Crippen molar-refractivity contribution in [3.05, 3.63) is 34.9 Å².